The van der Waals surface area contributed by atoms with Gasteiger partial charge < -0.3 is 5.32 Å². The average molecular weight is 401 g/mol. The highest BCUT2D eigenvalue weighted by molar-refractivity contribution is 7.99. The molecule has 0 unspecified atom stereocenters. The van der Waals surface area contributed by atoms with Crippen molar-refractivity contribution in [1.82, 2.24) is 20.1 Å². The first-order chi connectivity index (χ1) is 13.1. The summed E-state index contributed by atoms with van der Waals surface area (Å²) in [6, 6.07) is 16.0. The molecule has 140 valence electrons. The molecule has 0 fully saturated rings. The fourth-order valence-electron chi connectivity index (χ4n) is 2.58. The van der Waals surface area contributed by atoms with Gasteiger partial charge in [-0.3, -0.25) is 9.36 Å². The largest absolute Gasteiger partial charge is 0.355 e. The van der Waals surface area contributed by atoms with Crippen molar-refractivity contribution in [3.63, 3.8) is 0 Å². The summed E-state index contributed by atoms with van der Waals surface area (Å²) in [5, 5.41) is 12.4. The minimum Gasteiger partial charge on any atom is -0.355 e. The van der Waals surface area contributed by atoms with Gasteiger partial charge in [0.1, 0.15) is 6.33 Å². The van der Waals surface area contributed by atoms with Crippen LogP contribution in [0.25, 0.3) is 5.69 Å². The van der Waals surface area contributed by atoms with Crippen LogP contribution in [0, 0.1) is 6.92 Å². The molecule has 3 rings (SSSR count). The predicted octanol–water partition coefficient (Wildman–Crippen LogP) is 4.07. The second-order valence-corrected chi connectivity index (χ2v) is 7.49. The van der Waals surface area contributed by atoms with Crippen LogP contribution < -0.4 is 5.32 Å². The van der Waals surface area contributed by atoms with Crippen molar-refractivity contribution < 1.29 is 4.79 Å². The summed E-state index contributed by atoms with van der Waals surface area (Å²) >= 11 is 7.56. The van der Waals surface area contributed by atoms with Crippen LogP contribution in [-0.4, -0.2) is 33.0 Å². The fraction of sp³-hybridized carbons (Fsp3) is 0.250. The number of halogens is 1. The van der Waals surface area contributed by atoms with E-state index < -0.39 is 0 Å². The third kappa shape index (κ3) is 5.58. The summed E-state index contributed by atoms with van der Waals surface area (Å²) in [4.78, 5) is 12.1. The molecule has 0 spiro atoms. The van der Waals surface area contributed by atoms with E-state index in [0.717, 1.165) is 24.1 Å². The van der Waals surface area contributed by atoms with Gasteiger partial charge in [0.05, 0.1) is 11.4 Å². The lowest BCUT2D eigenvalue weighted by Gasteiger charge is -2.08. The van der Waals surface area contributed by atoms with E-state index in [4.69, 9.17) is 11.6 Å². The highest BCUT2D eigenvalue weighted by Gasteiger charge is 2.11. The topological polar surface area (TPSA) is 59.8 Å². The van der Waals surface area contributed by atoms with Gasteiger partial charge in [0.15, 0.2) is 5.16 Å². The Kier molecular flexibility index (Phi) is 6.90. The van der Waals surface area contributed by atoms with Gasteiger partial charge in [0.2, 0.25) is 5.91 Å². The maximum absolute atomic E-state index is 12.1. The summed E-state index contributed by atoms with van der Waals surface area (Å²) in [7, 11) is 0. The quantitative estimate of drug-likeness (QED) is 0.457. The minimum absolute atomic E-state index is 0.00968. The van der Waals surface area contributed by atoms with Crippen LogP contribution in [-0.2, 0) is 11.2 Å². The van der Waals surface area contributed by atoms with Crippen LogP contribution in [0.15, 0.2) is 60.0 Å². The number of aromatic nitrogens is 3. The highest BCUT2D eigenvalue weighted by atomic mass is 35.5. The van der Waals surface area contributed by atoms with Crippen molar-refractivity contribution in [2.45, 2.75) is 24.9 Å². The van der Waals surface area contributed by atoms with Gasteiger partial charge in [-0.15, -0.1) is 10.2 Å². The molecule has 1 heterocycles. The average Bonchev–Trinajstić information content (AvgIpc) is 3.15. The Hall–Kier alpha value is -2.31. The fourth-order valence-corrected chi connectivity index (χ4v) is 3.51. The van der Waals surface area contributed by atoms with Gasteiger partial charge in [0, 0.05) is 11.6 Å². The third-order valence-electron chi connectivity index (χ3n) is 4.09. The van der Waals surface area contributed by atoms with Crippen LogP contribution in [0.2, 0.25) is 5.02 Å². The van der Waals surface area contributed by atoms with Gasteiger partial charge >= 0.3 is 0 Å². The molecular formula is C20H21ClN4OS. The Balaban J connectivity index is 1.47. The lowest BCUT2D eigenvalue weighted by atomic mass is 10.1. The van der Waals surface area contributed by atoms with Gasteiger partial charge in [-0.05, 0) is 43.0 Å². The first kappa shape index (κ1) is 19.5. The molecule has 1 N–H and O–H groups in total. The molecule has 27 heavy (non-hydrogen) atoms. The van der Waals surface area contributed by atoms with Gasteiger partial charge in [-0.1, -0.05) is 59.8 Å². The zero-order valence-electron chi connectivity index (χ0n) is 15.1. The Morgan fingerprint density at radius 2 is 2.04 bits per heavy atom. The summed E-state index contributed by atoms with van der Waals surface area (Å²) in [5.74, 6) is 0.286. The van der Waals surface area contributed by atoms with E-state index in [1.165, 1.54) is 17.3 Å². The highest BCUT2D eigenvalue weighted by Crippen LogP contribution is 2.23. The van der Waals surface area contributed by atoms with Crippen LogP contribution in [0.3, 0.4) is 0 Å². The number of nitrogens with one attached hydrogen (secondary N) is 1. The van der Waals surface area contributed by atoms with Crippen molar-refractivity contribution in [1.29, 1.82) is 0 Å². The molecule has 0 aliphatic rings. The number of benzene rings is 2. The van der Waals surface area contributed by atoms with Crippen molar-refractivity contribution in [2.75, 3.05) is 12.3 Å². The van der Waals surface area contributed by atoms with E-state index in [0.29, 0.717) is 22.5 Å². The molecule has 3 aromatic rings. The summed E-state index contributed by atoms with van der Waals surface area (Å²) in [5.41, 5.74) is 3.17. The Labute approximate surface area is 168 Å². The second kappa shape index (κ2) is 9.58. The summed E-state index contributed by atoms with van der Waals surface area (Å²) in [6.45, 7) is 2.62. The standard InChI is InChI=1S/C20H21ClN4OS/c1-15-9-10-17(12-18(15)21)25-14-23-24-20(25)27-13-19(26)22-11-5-8-16-6-3-2-4-7-16/h2-4,6-7,9-10,12,14H,5,8,11,13H2,1H3,(H,22,26). The molecule has 0 radical (unpaired) electrons. The summed E-state index contributed by atoms with van der Waals surface area (Å²) < 4.78 is 1.83. The van der Waals surface area contributed by atoms with E-state index in [1.54, 1.807) is 6.33 Å². The predicted molar refractivity (Wildman–Crippen MR) is 110 cm³/mol. The monoisotopic (exact) mass is 400 g/mol. The molecule has 1 amide bonds. The van der Waals surface area contributed by atoms with Gasteiger partial charge in [0.25, 0.3) is 0 Å². The lowest BCUT2D eigenvalue weighted by molar-refractivity contribution is -0.118. The van der Waals surface area contributed by atoms with Crippen molar-refractivity contribution in [3.8, 4) is 5.69 Å². The van der Waals surface area contributed by atoms with E-state index in [-0.39, 0.29) is 5.91 Å². The van der Waals surface area contributed by atoms with E-state index >= 15 is 0 Å². The number of rotatable bonds is 8. The zero-order valence-corrected chi connectivity index (χ0v) is 16.6. The SMILES string of the molecule is Cc1ccc(-n2cnnc2SCC(=O)NCCCc2ccccc2)cc1Cl. The van der Waals surface area contributed by atoms with Crippen molar-refractivity contribution in [3.05, 3.63) is 71.0 Å². The normalized spacial score (nSPS) is 10.7. The number of carbonyl (C=O) groups excluding carboxylic acids is 1. The molecule has 0 aliphatic heterocycles. The lowest BCUT2D eigenvalue weighted by Crippen LogP contribution is -2.26. The van der Waals surface area contributed by atoms with E-state index in [1.807, 2.05) is 47.9 Å². The third-order valence-corrected chi connectivity index (χ3v) is 5.44. The van der Waals surface area contributed by atoms with Crippen LogP contribution in [0.5, 0.6) is 0 Å². The zero-order chi connectivity index (χ0) is 19.1. The smallest absolute Gasteiger partial charge is 0.230 e. The second-order valence-electron chi connectivity index (χ2n) is 6.14. The Bertz CT molecular complexity index is 898. The number of thioether (sulfide) groups is 1. The van der Waals surface area contributed by atoms with Crippen LogP contribution in [0.4, 0.5) is 0 Å². The van der Waals surface area contributed by atoms with Crippen molar-refractivity contribution >= 4 is 29.3 Å². The van der Waals surface area contributed by atoms with E-state index in [9.17, 15) is 4.79 Å². The number of hydrogen-bond acceptors (Lipinski definition) is 4. The van der Waals surface area contributed by atoms with Crippen LogP contribution in [0.1, 0.15) is 17.5 Å². The minimum atomic E-state index is -0.00968. The van der Waals surface area contributed by atoms with Crippen molar-refractivity contribution in [2.24, 2.45) is 0 Å². The Morgan fingerprint density at radius 3 is 2.81 bits per heavy atom. The maximum atomic E-state index is 12.1. The van der Waals surface area contributed by atoms with Crippen LogP contribution >= 0.6 is 23.4 Å². The molecule has 0 aliphatic carbocycles. The number of nitrogens with zero attached hydrogens (tertiary/aromatic N) is 3. The molecule has 7 heteroatoms. The number of hydrogen-bond donors (Lipinski definition) is 1. The number of carbonyl (C=O) groups is 1. The van der Waals surface area contributed by atoms with E-state index in [2.05, 4.69) is 27.6 Å². The molecular weight excluding hydrogens is 380 g/mol. The first-order valence-corrected chi connectivity index (χ1v) is 10.1. The molecule has 5 nitrogen and oxygen atoms in total. The molecule has 0 saturated heterocycles. The molecule has 0 atom stereocenters. The Morgan fingerprint density at radius 1 is 1.22 bits per heavy atom. The first-order valence-electron chi connectivity index (χ1n) is 8.73. The maximum Gasteiger partial charge on any atom is 0.230 e. The molecule has 0 saturated carbocycles. The molecule has 2 aromatic carbocycles. The van der Waals surface area contributed by atoms with Gasteiger partial charge in [-0.2, -0.15) is 0 Å². The molecule has 1 aromatic heterocycles. The number of aryl methyl sites for hydroxylation is 2. The van der Waals surface area contributed by atoms with Gasteiger partial charge in [-0.25, -0.2) is 0 Å². The summed E-state index contributed by atoms with van der Waals surface area (Å²) in [6.07, 6.45) is 3.50. The molecule has 0 bridgehead atoms. The number of amides is 1.